The lowest BCUT2D eigenvalue weighted by molar-refractivity contribution is 0.0938. The van der Waals surface area contributed by atoms with Gasteiger partial charge in [-0.05, 0) is 79.5 Å². The number of phenols is 1. The van der Waals surface area contributed by atoms with Crippen molar-refractivity contribution < 1.29 is 10.3 Å². The van der Waals surface area contributed by atoms with Crippen molar-refractivity contribution in [3.8, 4) is 5.75 Å². The SMILES string of the molecule is C[C@@]12CC[C@@H]3c4ccc(O)cc4CC[C@@H]3[C@@H]1CC/C2=N/O. The van der Waals surface area contributed by atoms with Gasteiger partial charge in [0, 0.05) is 5.41 Å². The molecule has 0 radical (unpaired) electrons. The first-order chi connectivity index (χ1) is 10.1. The van der Waals surface area contributed by atoms with Crippen molar-refractivity contribution >= 4 is 5.71 Å². The molecule has 0 amide bonds. The quantitative estimate of drug-likeness (QED) is 0.557. The number of hydrogen-bond donors (Lipinski definition) is 2. The second kappa shape index (κ2) is 4.49. The van der Waals surface area contributed by atoms with Gasteiger partial charge in [-0.15, -0.1) is 0 Å². The number of fused-ring (bicyclic) bond motifs is 5. The fourth-order valence-corrected chi connectivity index (χ4v) is 5.52. The van der Waals surface area contributed by atoms with Crippen LogP contribution < -0.4 is 0 Å². The molecule has 4 atom stereocenters. The molecule has 3 aliphatic rings. The second-order valence-corrected chi connectivity index (χ2v) is 7.34. The standard InChI is InChI=1S/C18H23NO2/c1-18-9-8-14-13-5-3-12(20)10-11(13)2-4-15(14)16(18)6-7-17(18)19-21/h3,5,10,14-16,20-21H,2,4,6-9H2,1H3/b19-17-/t14-,15+,16+,18-/m1/s1. The van der Waals surface area contributed by atoms with Gasteiger partial charge in [-0.25, -0.2) is 0 Å². The molecule has 1 aromatic carbocycles. The average molecular weight is 285 g/mol. The maximum atomic E-state index is 9.70. The Morgan fingerprint density at radius 3 is 2.86 bits per heavy atom. The maximum Gasteiger partial charge on any atom is 0.115 e. The molecule has 0 aliphatic heterocycles. The molecule has 21 heavy (non-hydrogen) atoms. The van der Waals surface area contributed by atoms with Gasteiger partial charge in [-0.2, -0.15) is 0 Å². The molecule has 112 valence electrons. The number of hydrogen-bond acceptors (Lipinski definition) is 3. The predicted molar refractivity (Wildman–Crippen MR) is 81.9 cm³/mol. The summed E-state index contributed by atoms with van der Waals surface area (Å²) in [4.78, 5) is 0. The molecule has 2 fully saturated rings. The van der Waals surface area contributed by atoms with Crippen molar-refractivity contribution in [2.75, 3.05) is 0 Å². The van der Waals surface area contributed by atoms with Crippen LogP contribution in [0.4, 0.5) is 0 Å². The maximum absolute atomic E-state index is 9.70. The molecule has 3 nitrogen and oxygen atoms in total. The Kier molecular flexibility index (Phi) is 2.82. The van der Waals surface area contributed by atoms with Gasteiger partial charge in [0.25, 0.3) is 0 Å². The minimum absolute atomic E-state index is 0.115. The zero-order valence-corrected chi connectivity index (χ0v) is 12.5. The van der Waals surface area contributed by atoms with Crippen LogP contribution in [0.25, 0.3) is 0 Å². The molecule has 3 aliphatic carbocycles. The summed E-state index contributed by atoms with van der Waals surface area (Å²) in [6.07, 6.45) is 6.71. The molecule has 3 heteroatoms. The van der Waals surface area contributed by atoms with E-state index in [4.69, 9.17) is 0 Å². The number of benzene rings is 1. The van der Waals surface area contributed by atoms with Crippen LogP contribution in [0.5, 0.6) is 5.75 Å². The Hall–Kier alpha value is -1.51. The fraction of sp³-hybridized carbons (Fsp3) is 0.611. The summed E-state index contributed by atoms with van der Waals surface area (Å²) in [5, 5.41) is 22.6. The molecule has 0 saturated heterocycles. The van der Waals surface area contributed by atoms with Crippen LogP contribution in [0.1, 0.15) is 56.1 Å². The first-order valence-corrected chi connectivity index (χ1v) is 8.16. The number of nitrogens with zero attached hydrogens (tertiary/aromatic N) is 1. The Morgan fingerprint density at radius 1 is 1.19 bits per heavy atom. The third kappa shape index (κ3) is 1.76. The molecule has 4 rings (SSSR count). The first kappa shape index (κ1) is 13.2. The number of aromatic hydroxyl groups is 1. The zero-order chi connectivity index (χ0) is 14.6. The van der Waals surface area contributed by atoms with Crippen molar-refractivity contribution in [2.24, 2.45) is 22.4 Å². The van der Waals surface area contributed by atoms with E-state index in [1.807, 2.05) is 12.1 Å². The van der Waals surface area contributed by atoms with Crippen LogP contribution in [0.2, 0.25) is 0 Å². The predicted octanol–water partition coefficient (Wildman–Crippen LogP) is 4.08. The lowest BCUT2D eigenvalue weighted by Gasteiger charge is -2.48. The molecular weight excluding hydrogens is 262 g/mol. The molecular formula is C18H23NO2. The summed E-state index contributed by atoms with van der Waals surface area (Å²) in [7, 11) is 0. The molecule has 2 N–H and O–H groups in total. The normalized spacial score (nSPS) is 39.7. The lowest BCUT2D eigenvalue weighted by atomic mass is 9.55. The molecule has 0 bridgehead atoms. The van der Waals surface area contributed by atoms with Crippen molar-refractivity contribution in [3.63, 3.8) is 0 Å². The van der Waals surface area contributed by atoms with E-state index in [0.717, 1.165) is 25.0 Å². The summed E-state index contributed by atoms with van der Waals surface area (Å²) in [5.41, 5.74) is 3.95. The molecule has 2 saturated carbocycles. The van der Waals surface area contributed by atoms with Crippen molar-refractivity contribution in [3.05, 3.63) is 29.3 Å². The molecule has 0 unspecified atom stereocenters. The lowest BCUT2D eigenvalue weighted by Crippen LogP contribution is -2.42. The minimum Gasteiger partial charge on any atom is -0.508 e. The summed E-state index contributed by atoms with van der Waals surface area (Å²) in [6, 6.07) is 5.93. The third-order valence-corrected chi connectivity index (χ3v) is 6.57. The Morgan fingerprint density at radius 2 is 2.05 bits per heavy atom. The monoisotopic (exact) mass is 285 g/mol. The highest BCUT2D eigenvalue weighted by atomic mass is 16.4. The van der Waals surface area contributed by atoms with Crippen LogP contribution in [-0.2, 0) is 6.42 Å². The van der Waals surface area contributed by atoms with Crippen LogP contribution >= 0.6 is 0 Å². The zero-order valence-electron chi connectivity index (χ0n) is 12.5. The van der Waals surface area contributed by atoms with Crippen LogP contribution in [0, 0.1) is 17.3 Å². The van der Waals surface area contributed by atoms with E-state index in [-0.39, 0.29) is 5.41 Å². The van der Waals surface area contributed by atoms with Gasteiger partial charge >= 0.3 is 0 Å². The number of phenolic OH excluding ortho intramolecular Hbond substituents is 1. The summed E-state index contributed by atoms with van der Waals surface area (Å²) >= 11 is 0. The van der Waals surface area contributed by atoms with E-state index in [1.54, 1.807) is 0 Å². The number of aryl methyl sites for hydroxylation is 1. The van der Waals surface area contributed by atoms with Crippen molar-refractivity contribution in [2.45, 2.75) is 51.4 Å². The van der Waals surface area contributed by atoms with E-state index in [9.17, 15) is 10.3 Å². The smallest absolute Gasteiger partial charge is 0.115 e. The van der Waals surface area contributed by atoms with Gasteiger partial charge in [-0.3, -0.25) is 0 Å². The van der Waals surface area contributed by atoms with Gasteiger partial charge in [0.05, 0.1) is 5.71 Å². The highest BCUT2D eigenvalue weighted by Crippen LogP contribution is 2.59. The molecule has 0 heterocycles. The van der Waals surface area contributed by atoms with Gasteiger partial charge < -0.3 is 10.3 Å². The van der Waals surface area contributed by atoms with E-state index >= 15 is 0 Å². The molecule has 0 spiro atoms. The number of rotatable bonds is 0. The van der Waals surface area contributed by atoms with Crippen LogP contribution in [0.3, 0.4) is 0 Å². The van der Waals surface area contributed by atoms with Gasteiger partial charge in [-0.1, -0.05) is 18.1 Å². The number of oxime groups is 1. The largest absolute Gasteiger partial charge is 0.508 e. The highest BCUT2D eigenvalue weighted by Gasteiger charge is 2.53. The van der Waals surface area contributed by atoms with Crippen LogP contribution in [0.15, 0.2) is 23.4 Å². The second-order valence-electron chi connectivity index (χ2n) is 7.34. The highest BCUT2D eigenvalue weighted by molar-refractivity contribution is 5.92. The summed E-state index contributed by atoms with van der Waals surface area (Å²) < 4.78 is 0. The minimum atomic E-state index is 0.115. The first-order valence-electron chi connectivity index (χ1n) is 8.16. The van der Waals surface area contributed by atoms with E-state index in [1.165, 1.54) is 30.4 Å². The average Bonchev–Trinajstić information content (AvgIpc) is 2.83. The van der Waals surface area contributed by atoms with Crippen molar-refractivity contribution in [1.82, 2.24) is 0 Å². The Labute approximate surface area is 125 Å². The summed E-state index contributed by atoms with van der Waals surface area (Å²) in [5.74, 6) is 2.39. The summed E-state index contributed by atoms with van der Waals surface area (Å²) in [6.45, 7) is 2.31. The van der Waals surface area contributed by atoms with E-state index in [0.29, 0.717) is 23.5 Å². The fourth-order valence-electron chi connectivity index (χ4n) is 5.52. The third-order valence-electron chi connectivity index (χ3n) is 6.57. The Balaban J connectivity index is 1.72. The van der Waals surface area contributed by atoms with E-state index in [2.05, 4.69) is 18.1 Å². The van der Waals surface area contributed by atoms with Gasteiger partial charge in [0.15, 0.2) is 0 Å². The molecule has 1 aromatic rings. The Bertz CT molecular complexity index is 609. The van der Waals surface area contributed by atoms with E-state index < -0.39 is 0 Å². The van der Waals surface area contributed by atoms with Crippen molar-refractivity contribution in [1.29, 1.82) is 0 Å². The van der Waals surface area contributed by atoms with Gasteiger partial charge in [0.2, 0.25) is 0 Å². The van der Waals surface area contributed by atoms with Gasteiger partial charge in [0.1, 0.15) is 5.75 Å². The topological polar surface area (TPSA) is 52.8 Å². The molecule has 0 aromatic heterocycles. The van der Waals surface area contributed by atoms with Crippen LogP contribution in [-0.4, -0.2) is 16.0 Å².